The van der Waals surface area contributed by atoms with Crippen LogP contribution < -0.4 is 5.32 Å². The average molecular weight is 188 g/mol. The normalized spacial score (nSPS) is 16.2. The number of carbonyl (C=O) groups is 1. The van der Waals surface area contributed by atoms with Gasteiger partial charge in [-0.25, -0.2) is 0 Å². The highest BCUT2D eigenvalue weighted by Crippen LogP contribution is 2.06. The van der Waals surface area contributed by atoms with Crippen LogP contribution in [0.3, 0.4) is 0 Å². The summed E-state index contributed by atoms with van der Waals surface area (Å²) in [5.41, 5.74) is 0. The molecule has 0 aromatic rings. The van der Waals surface area contributed by atoms with Gasteiger partial charge in [-0.3, -0.25) is 4.79 Å². The molecule has 0 bridgehead atoms. The second kappa shape index (κ2) is 6.86. The van der Waals surface area contributed by atoms with Crippen LogP contribution in [0.2, 0.25) is 0 Å². The third-order valence-electron chi connectivity index (χ3n) is 1.94. The first-order valence-corrected chi connectivity index (χ1v) is 4.53. The van der Waals surface area contributed by atoms with Crippen molar-refractivity contribution in [3.63, 3.8) is 0 Å². The van der Waals surface area contributed by atoms with Crippen molar-refractivity contribution in [1.82, 2.24) is 10.2 Å². The summed E-state index contributed by atoms with van der Waals surface area (Å²) in [6.45, 7) is 5.75. The van der Waals surface area contributed by atoms with Crippen LogP contribution in [-0.4, -0.2) is 50.7 Å². The van der Waals surface area contributed by atoms with E-state index >= 15 is 0 Å². The van der Waals surface area contributed by atoms with Gasteiger partial charge in [0.25, 0.3) is 0 Å². The fourth-order valence-electron chi connectivity index (χ4n) is 0.705. The van der Waals surface area contributed by atoms with Crippen molar-refractivity contribution in [2.45, 2.75) is 26.0 Å². The van der Waals surface area contributed by atoms with Crippen LogP contribution in [0.1, 0.15) is 13.8 Å². The van der Waals surface area contributed by atoms with E-state index in [1.807, 2.05) is 7.05 Å². The Morgan fingerprint density at radius 1 is 1.54 bits per heavy atom. The fourth-order valence-corrected chi connectivity index (χ4v) is 0.705. The molecule has 0 aromatic carbocycles. The smallest absolute Gasteiger partial charge is 0.209 e. The Kier molecular flexibility index (Phi) is 6.54. The molecule has 0 aliphatic carbocycles. The van der Waals surface area contributed by atoms with E-state index in [0.29, 0.717) is 12.1 Å². The average Bonchev–Trinajstić information content (AvgIpc) is 2.04. The van der Waals surface area contributed by atoms with Crippen molar-refractivity contribution < 1.29 is 9.53 Å². The van der Waals surface area contributed by atoms with Crippen LogP contribution >= 0.6 is 0 Å². The number of likely N-dealkylation sites (tertiary alicyclic amines) is 1. The molecule has 78 valence electrons. The van der Waals surface area contributed by atoms with Gasteiger partial charge in [-0.2, -0.15) is 0 Å². The summed E-state index contributed by atoms with van der Waals surface area (Å²) in [5, 5.41) is 3.03. The predicted octanol–water partition coefficient (Wildman–Crippen LogP) is 0.0876. The molecule has 0 atom stereocenters. The molecule has 0 spiro atoms. The van der Waals surface area contributed by atoms with Gasteiger partial charge in [0.2, 0.25) is 6.41 Å². The Bertz CT molecular complexity index is 134. The van der Waals surface area contributed by atoms with Gasteiger partial charge in [0.1, 0.15) is 0 Å². The van der Waals surface area contributed by atoms with Crippen molar-refractivity contribution in [2.24, 2.45) is 0 Å². The monoisotopic (exact) mass is 188 g/mol. The third kappa shape index (κ3) is 5.60. The summed E-state index contributed by atoms with van der Waals surface area (Å²) in [5.74, 6) is 0. The molecule has 0 radical (unpaired) electrons. The lowest BCUT2D eigenvalue weighted by atomic mass is 10.2. The van der Waals surface area contributed by atoms with E-state index in [0.717, 1.165) is 19.5 Å². The number of carbonyl (C=O) groups excluding carboxylic acids is 1. The second-order valence-corrected chi connectivity index (χ2v) is 3.36. The molecule has 0 unspecified atom stereocenters. The van der Waals surface area contributed by atoms with Gasteiger partial charge >= 0.3 is 0 Å². The molecule has 1 aliphatic heterocycles. The molecule has 13 heavy (non-hydrogen) atoms. The number of hydrogen-bond donors (Lipinski definition) is 1. The summed E-state index contributed by atoms with van der Waals surface area (Å²) in [4.78, 5) is 11.6. The highest BCUT2D eigenvalue weighted by Gasteiger charge is 2.23. The standard InChI is InChI=1S/C5H9NO2.C4H11N/c1-8-5-2-6(3-5)4-7;1-4(2)5-3/h4-5H,2-3H2,1H3;4-5H,1-3H3. The maximum Gasteiger partial charge on any atom is 0.209 e. The maximum atomic E-state index is 9.92. The molecule has 1 saturated heterocycles. The molecule has 1 rings (SSSR count). The Hall–Kier alpha value is -0.610. The Morgan fingerprint density at radius 2 is 2.00 bits per heavy atom. The van der Waals surface area contributed by atoms with Crippen molar-refractivity contribution in [3.05, 3.63) is 0 Å². The van der Waals surface area contributed by atoms with Crippen LogP contribution in [0.5, 0.6) is 0 Å². The van der Waals surface area contributed by atoms with E-state index in [1.54, 1.807) is 12.0 Å². The minimum Gasteiger partial charge on any atom is -0.378 e. The van der Waals surface area contributed by atoms with Crippen molar-refractivity contribution in [1.29, 1.82) is 0 Å². The molecular formula is C9H20N2O2. The first-order chi connectivity index (χ1) is 6.13. The van der Waals surface area contributed by atoms with Crippen molar-refractivity contribution >= 4 is 6.41 Å². The van der Waals surface area contributed by atoms with Crippen LogP contribution in [0.25, 0.3) is 0 Å². The third-order valence-corrected chi connectivity index (χ3v) is 1.94. The molecule has 1 aliphatic rings. The first kappa shape index (κ1) is 12.4. The molecule has 1 amide bonds. The summed E-state index contributed by atoms with van der Waals surface area (Å²) in [6, 6.07) is 0.634. The number of nitrogens with one attached hydrogen (secondary N) is 1. The fraction of sp³-hybridized carbons (Fsp3) is 0.889. The molecule has 1 fully saturated rings. The summed E-state index contributed by atoms with van der Waals surface area (Å²) in [7, 11) is 3.61. The van der Waals surface area contributed by atoms with E-state index in [-0.39, 0.29) is 0 Å². The van der Waals surface area contributed by atoms with Crippen LogP contribution in [0.4, 0.5) is 0 Å². The zero-order valence-corrected chi connectivity index (χ0v) is 8.91. The van der Waals surface area contributed by atoms with E-state index in [1.165, 1.54) is 0 Å². The molecule has 0 aromatic heterocycles. The largest absolute Gasteiger partial charge is 0.378 e. The van der Waals surface area contributed by atoms with Gasteiger partial charge in [0, 0.05) is 26.2 Å². The van der Waals surface area contributed by atoms with Gasteiger partial charge in [-0.05, 0) is 7.05 Å². The van der Waals surface area contributed by atoms with Crippen LogP contribution in [0.15, 0.2) is 0 Å². The number of rotatable bonds is 3. The Balaban J connectivity index is 0.000000252. The highest BCUT2D eigenvalue weighted by atomic mass is 16.5. The topological polar surface area (TPSA) is 41.6 Å². The molecular weight excluding hydrogens is 168 g/mol. The van der Waals surface area contributed by atoms with Gasteiger partial charge < -0.3 is 15.0 Å². The van der Waals surface area contributed by atoms with Crippen molar-refractivity contribution in [2.75, 3.05) is 27.2 Å². The summed E-state index contributed by atoms with van der Waals surface area (Å²) >= 11 is 0. The quantitative estimate of drug-likeness (QED) is 0.638. The summed E-state index contributed by atoms with van der Waals surface area (Å²) in [6.07, 6.45) is 1.13. The first-order valence-electron chi connectivity index (χ1n) is 4.53. The van der Waals surface area contributed by atoms with E-state index in [2.05, 4.69) is 19.2 Å². The Labute approximate surface area is 80.2 Å². The number of nitrogens with zero attached hydrogens (tertiary/aromatic N) is 1. The van der Waals surface area contributed by atoms with Gasteiger partial charge in [0.15, 0.2) is 0 Å². The van der Waals surface area contributed by atoms with Crippen LogP contribution in [-0.2, 0) is 9.53 Å². The lowest BCUT2D eigenvalue weighted by Crippen LogP contribution is -2.50. The van der Waals surface area contributed by atoms with E-state index in [9.17, 15) is 4.79 Å². The SMILES string of the molecule is CNC(C)C.COC1CN(C=O)C1. The van der Waals surface area contributed by atoms with Gasteiger partial charge in [0.05, 0.1) is 6.10 Å². The molecule has 1 N–H and O–H groups in total. The van der Waals surface area contributed by atoms with Gasteiger partial charge in [-0.15, -0.1) is 0 Å². The van der Waals surface area contributed by atoms with Crippen LogP contribution in [0, 0.1) is 0 Å². The van der Waals surface area contributed by atoms with E-state index < -0.39 is 0 Å². The molecule has 0 saturated carbocycles. The molecule has 4 heteroatoms. The zero-order chi connectivity index (χ0) is 10.3. The molecule has 1 heterocycles. The minimum atomic E-state index is 0.292. The minimum absolute atomic E-state index is 0.292. The highest BCUT2D eigenvalue weighted by molar-refractivity contribution is 5.48. The lowest BCUT2D eigenvalue weighted by Gasteiger charge is -2.34. The number of amides is 1. The Morgan fingerprint density at radius 3 is 2.23 bits per heavy atom. The zero-order valence-electron chi connectivity index (χ0n) is 8.91. The number of methoxy groups -OCH3 is 1. The lowest BCUT2D eigenvalue weighted by molar-refractivity contribution is -0.129. The maximum absolute atomic E-state index is 9.92. The number of hydrogen-bond acceptors (Lipinski definition) is 3. The molecule has 4 nitrogen and oxygen atoms in total. The predicted molar refractivity (Wildman–Crippen MR) is 52.6 cm³/mol. The number of ether oxygens (including phenoxy) is 1. The van der Waals surface area contributed by atoms with E-state index in [4.69, 9.17) is 4.74 Å². The van der Waals surface area contributed by atoms with Gasteiger partial charge in [-0.1, -0.05) is 13.8 Å². The second-order valence-electron chi connectivity index (χ2n) is 3.36. The van der Waals surface area contributed by atoms with Crippen molar-refractivity contribution in [3.8, 4) is 0 Å². The summed E-state index contributed by atoms with van der Waals surface area (Å²) < 4.78 is 4.92.